The highest BCUT2D eigenvalue weighted by Gasteiger charge is 2.26. The van der Waals surface area contributed by atoms with Crippen LogP contribution in [-0.2, 0) is 16.6 Å². The molecule has 1 aromatic heterocycles. The maximum atomic E-state index is 12.8. The number of hydrogen-bond donors (Lipinski definition) is 1. The van der Waals surface area contributed by atoms with Gasteiger partial charge in [-0.05, 0) is 42.1 Å². The Morgan fingerprint density at radius 2 is 2.04 bits per heavy atom. The van der Waals surface area contributed by atoms with Crippen molar-refractivity contribution in [2.45, 2.75) is 18.4 Å². The van der Waals surface area contributed by atoms with Gasteiger partial charge in [-0.2, -0.15) is 4.31 Å². The Morgan fingerprint density at radius 3 is 2.57 bits per heavy atom. The normalized spacial score (nSPS) is 11.7. The maximum Gasteiger partial charge on any atom is 0.335 e. The van der Waals surface area contributed by atoms with E-state index in [2.05, 4.69) is 0 Å². The van der Waals surface area contributed by atoms with Gasteiger partial charge in [0.15, 0.2) is 0 Å². The number of aromatic carboxylic acids is 1. The van der Waals surface area contributed by atoms with Crippen LogP contribution in [0.15, 0.2) is 34.5 Å². The molecule has 0 aliphatic carbocycles. The van der Waals surface area contributed by atoms with E-state index in [4.69, 9.17) is 9.84 Å². The molecule has 124 valence electrons. The highest BCUT2D eigenvalue weighted by Crippen LogP contribution is 2.29. The average molecular weight is 355 g/mol. The van der Waals surface area contributed by atoms with Gasteiger partial charge in [0.05, 0.1) is 12.7 Å². The van der Waals surface area contributed by atoms with Gasteiger partial charge < -0.3 is 9.84 Å². The van der Waals surface area contributed by atoms with E-state index in [1.165, 1.54) is 41.9 Å². The molecule has 0 aliphatic heterocycles. The molecule has 0 unspecified atom stereocenters. The minimum Gasteiger partial charge on any atom is -0.495 e. The highest BCUT2D eigenvalue weighted by molar-refractivity contribution is 7.89. The predicted octanol–water partition coefficient (Wildman–Crippen LogP) is 2.58. The van der Waals surface area contributed by atoms with Crippen molar-refractivity contribution in [1.29, 1.82) is 0 Å². The lowest BCUT2D eigenvalue weighted by Crippen LogP contribution is -2.27. The molecule has 0 bridgehead atoms. The monoisotopic (exact) mass is 355 g/mol. The Balaban J connectivity index is 2.43. The van der Waals surface area contributed by atoms with Crippen LogP contribution in [0.3, 0.4) is 0 Å². The molecular formula is C15H17NO5S2. The molecule has 0 amide bonds. The summed E-state index contributed by atoms with van der Waals surface area (Å²) >= 11 is 1.48. The van der Waals surface area contributed by atoms with Crippen LogP contribution in [0.4, 0.5) is 0 Å². The second kappa shape index (κ2) is 6.69. The summed E-state index contributed by atoms with van der Waals surface area (Å²) in [6.45, 7) is 2.13. The van der Waals surface area contributed by atoms with Crippen LogP contribution in [0, 0.1) is 6.92 Å². The molecule has 0 saturated heterocycles. The first-order valence-electron chi connectivity index (χ1n) is 6.68. The number of ether oxygens (including phenoxy) is 1. The molecule has 1 heterocycles. The van der Waals surface area contributed by atoms with Crippen LogP contribution in [0.5, 0.6) is 5.75 Å². The van der Waals surface area contributed by atoms with Gasteiger partial charge in [0.1, 0.15) is 10.6 Å². The molecule has 0 spiro atoms. The molecule has 0 atom stereocenters. The second-order valence-corrected chi connectivity index (χ2v) is 7.97. The second-order valence-electron chi connectivity index (χ2n) is 4.96. The molecule has 23 heavy (non-hydrogen) atoms. The van der Waals surface area contributed by atoms with Gasteiger partial charge in [0.25, 0.3) is 0 Å². The predicted molar refractivity (Wildman–Crippen MR) is 87.7 cm³/mol. The van der Waals surface area contributed by atoms with E-state index in [1.807, 2.05) is 18.4 Å². The number of nitrogens with zero attached hydrogens (tertiary/aromatic N) is 1. The molecule has 0 radical (unpaired) electrons. The summed E-state index contributed by atoms with van der Waals surface area (Å²) < 4.78 is 31.8. The lowest BCUT2D eigenvalue weighted by Gasteiger charge is -2.19. The summed E-state index contributed by atoms with van der Waals surface area (Å²) in [6.07, 6.45) is 0. The summed E-state index contributed by atoms with van der Waals surface area (Å²) in [5.74, 6) is -1.08. The number of benzene rings is 1. The quantitative estimate of drug-likeness (QED) is 0.861. The maximum absolute atomic E-state index is 12.8. The molecular weight excluding hydrogens is 338 g/mol. The van der Waals surface area contributed by atoms with E-state index < -0.39 is 16.0 Å². The summed E-state index contributed by atoms with van der Waals surface area (Å²) in [5, 5.41) is 11.0. The van der Waals surface area contributed by atoms with Crippen molar-refractivity contribution in [1.82, 2.24) is 4.31 Å². The Bertz CT molecular complexity index is 826. The van der Waals surface area contributed by atoms with Gasteiger partial charge in [-0.1, -0.05) is 0 Å². The Labute approximate surface area is 139 Å². The lowest BCUT2D eigenvalue weighted by atomic mass is 10.2. The molecule has 2 rings (SSSR count). The van der Waals surface area contributed by atoms with E-state index >= 15 is 0 Å². The van der Waals surface area contributed by atoms with Crippen molar-refractivity contribution in [2.24, 2.45) is 0 Å². The van der Waals surface area contributed by atoms with Gasteiger partial charge >= 0.3 is 5.97 Å². The summed E-state index contributed by atoms with van der Waals surface area (Å²) in [4.78, 5) is 11.9. The van der Waals surface area contributed by atoms with Crippen LogP contribution in [0.2, 0.25) is 0 Å². The zero-order valence-corrected chi connectivity index (χ0v) is 14.6. The van der Waals surface area contributed by atoms with E-state index in [0.717, 1.165) is 16.5 Å². The minimum atomic E-state index is -3.88. The first-order chi connectivity index (χ1) is 10.8. The fraction of sp³-hybridized carbons (Fsp3) is 0.267. The van der Waals surface area contributed by atoms with Crippen molar-refractivity contribution in [3.05, 3.63) is 45.6 Å². The third kappa shape index (κ3) is 3.54. The van der Waals surface area contributed by atoms with Gasteiger partial charge in [-0.3, -0.25) is 0 Å². The number of thiophene rings is 1. The number of carboxylic acids is 1. The largest absolute Gasteiger partial charge is 0.495 e. The van der Waals surface area contributed by atoms with Crippen molar-refractivity contribution >= 4 is 27.3 Å². The molecule has 1 N–H and O–H groups in total. The number of carboxylic acid groups (broad SMARTS) is 1. The van der Waals surface area contributed by atoms with E-state index in [1.54, 1.807) is 0 Å². The number of rotatable bonds is 6. The smallest absolute Gasteiger partial charge is 0.335 e. The van der Waals surface area contributed by atoms with Crippen molar-refractivity contribution in [2.75, 3.05) is 14.2 Å². The number of aryl methyl sites for hydroxylation is 1. The fourth-order valence-electron chi connectivity index (χ4n) is 2.03. The molecule has 6 nitrogen and oxygen atoms in total. The minimum absolute atomic E-state index is 0.106. The number of sulfonamides is 1. The number of carbonyl (C=O) groups is 1. The molecule has 2 aromatic rings. The summed E-state index contributed by atoms with van der Waals surface area (Å²) in [5.41, 5.74) is 0.911. The fourth-order valence-corrected chi connectivity index (χ4v) is 4.39. The van der Waals surface area contributed by atoms with Crippen LogP contribution in [0.1, 0.15) is 20.8 Å². The first-order valence-corrected chi connectivity index (χ1v) is 9.00. The molecule has 0 saturated carbocycles. The summed E-state index contributed by atoms with van der Waals surface area (Å²) in [6, 6.07) is 5.70. The third-order valence-corrected chi connectivity index (χ3v) is 6.27. The zero-order valence-electron chi connectivity index (χ0n) is 12.9. The van der Waals surface area contributed by atoms with E-state index in [9.17, 15) is 13.2 Å². The number of methoxy groups -OCH3 is 1. The van der Waals surface area contributed by atoms with E-state index in [-0.39, 0.29) is 22.8 Å². The van der Waals surface area contributed by atoms with Crippen molar-refractivity contribution in [3.63, 3.8) is 0 Å². The van der Waals surface area contributed by atoms with Crippen LogP contribution in [-0.4, -0.2) is 38.0 Å². The van der Waals surface area contributed by atoms with Gasteiger partial charge in [-0.15, -0.1) is 11.3 Å². The third-order valence-electron chi connectivity index (χ3n) is 3.43. The van der Waals surface area contributed by atoms with Crippen LogP contribution >= 0.6 is 11.3 Å². The molecule has 0 fully saturated rings. The van der Waals surface area contributed by atoms with Crippen molar-refractivity contribution < 1.29 is 23.1 Å². The standard InChI is InChI=1S/C15H17NO5S2/c1-10-6-7-22-13(10)9-16(2)23(19,20)14-8-11(15(17)18)4-5-12(14)21-3/h4-8H,9H2,1-3H3,(H,17,18). The topological polar surface area (TPSA) is 83.9 Å². The highest BCUT2D eigenvalue weighted by atomic mass is 32.2. The molecule has 0 aliphatic rings. The number of hydrogen-bond acceptors (Lipinski definition) is 5. The van der Waals surface area contributed by atoms with E-state index in [0.29, 0.717) is 0 Å². The molecule has 1 aromatic carbocycles. The first kappa shape index (κ1) is 17.5. The van der Waals surface area contributed by atoms with Gasteiger partial charge in [-0.25, -0.2) is 13.2 Å². The Kier molecular flexibility index (Phi) is 5.08. The Hall–Kier alpha value is -1.90. The van der Waals surface area contributed by atoms with Crippen molar-refractivity contribution in [3.8, 4) is 5.75 Å². The van der Waals surface area contributed by atoms with Crippen LogP contribution in [0.25, 0.3) is 0 Å². The SMILES string of the molecule is COc1ccc(C(=O)O)cc1S(=O)(=O)N(C)Cc1sccc1C. The Morgan fingerprint density at radius 1 is 1.35 bits per heavy atom. The van der Waals surface area contributed by atoms with Gasteiger partial charge in [0, 0.05) is 18.5 Å². The average Bonchev–Trinajstić information content (AvgIpc) is 2.91. The molecule has 8 heteroatoms. The summed E-state index contributed by atoms with van der Waals surface area (Å²) in [7, 11) is -1.07. The lowest BCUT2D eigenvalue weighted by molar-refractivity contribution is 0.0696. The zero-order chi connectivity index (χ0) is 17.2. The van der Waals surface area contributed by atoms with Crippen LogP contribution < -0.4 is 4.74 Å². The van der Waals surface area contributed by atoms with Gasteiger partial charge in [0.2, 0.25) is 10.0 Å².